The number of hydrogen-bond acceptors (Lipinski definition) is 5. The molecule has 112 valence electrons. The number of fused-ring (bicyclic) bond motifs is 1. The molecule has 0 saturated heterocycles. The molecule has 21 heavy (non-hydrogen) atoms. The molecule has 6 nitrogen and oxygen atoms in total. The first-order valence-corrected chi connectivity index (χ1v) is 7.86. The van der Waals surface area contributed by atoms with Crippen LogP contribution in [0.2, 0.25) is 0 Å². The van der Waals surface area contributed by atoms with E-state index >= 15 is 0 Å². The van der Waals surface area contributed by atoms with Crippen molar-refractivity contribution >= 4 is 22.4 Å². The number of rotatable bonds is 4. The van der Waals surface area contributed by atoms with Gasteiger partial charge in [-0.3, -0.25) is 9.48 Å². The molecule has 1 amide bonds. The fraction of sp³-hybridized carbons (Fsp3) is 0.500. The Morgan fingerprint density at radius 2 is 2.33 bits per heavy atom. The summed E-state index contributed by atoms with van der Waals surface area (Å²) in [5.74, 6) is 0.0123. The van der Waals surface area contributed by atoms with Crippen LogP contribution in [-0.2, 0) is 31.2 Å². The third-order valence-corrected chi connectivity index (χ3v) is 4.57. The molecule has 2 aromatic rings. The average Bonchev–Trinajstić information content (AvgIpc) is 3.01. The van der Waals surface area contributed by atoms with E-state index in [2.05, 4.69) is 27.3 Å². The maximum atomic E-state index is 12.0. The predicted molar refractivity (Wildman–Crippen MR) is 82.3 cm³/mol. The number of carbonyl (C=O) groups is 1. The van der Waals surface area contributed by atoms with E-state index in [1.165, 1.54) is 4.88 Å². The van der Waals surface area contributed by atoms with Crippen LogP contribution in [-0.4, -0.2) is 39.2 Å². The van der Waals surface area contributed by atoms with E-state index in [9.17, 15) is 4.79 Å². The Morgan fingerprint density at radius 1 is 1.48 bits per heavy atom. The lowest BCUT2D eigenvalue weighted by Crippen LogP contribution is -2.25. The highest BCUT2D eigenvalue weighted by molar-refractivity contribution is 7.15. The number of carbonyl (C=O) groups excluding carboxylic acids is 1. The van der Waals surface area contributed by atoms with E-state index in [0.717, 1.165) is 35.9 Å². The van der Waals surface area contributed by atoms with Gasteiger partial charge in [0.25, 0.3) is 0 Å². The average molecular weight is 305 g/mol. The number of nitrogens with one attached hydrogen (secondary N) is 1. The van der Waals surface area contributed by atoms with E-state index in [1.54, 1.807) is 22.2 Å². The molecule has 1 aliphatic heterocycles. The van der Waals surface area contributed by atoms with Crippen molar-refractivity contribution in [3.05, 3.63) is 28.5 Å². The van der Waals surface area contributed by atoms with Gasteiger partial charge in [0.05, 0.1) is 11.9 Å². The summed E-state index contributed by atoms with van der Waals surface area (Å²) >= 11 is 1.59. The Hall–Kier alpha value is -1.73. The first kappa shape index (κ1) is 14.2. The van der Waals surface area contributed by atoms with Crippen LogP contribution in [0.5, 0.6) is 0 Å². The van der Waals surface area contributed by atoms with Gasteiger partial charge in [0, 0.05) is 44.1 Å². The number of aromatic nitrogens is 3. The summed E-state index contributed by atoms with van der Waals surface area (Å²) in [5, 5.41) is 7.74. The second-order valence-corrected chi connectivity index (χ2v) is 6.53. The van der Waals surface area contributed by atoms with Gasteiger partial charge in [0.2, 0.25) is 5.91 Å². The maximum absolute atomic E-state index is 12.0. The fourth-order valence-corrected chi connectivity index (χ4v) is 3.52. The lowest BCUT2D eigenvalue weighted by Gasteiger charge is -2.20. The number of aryl methyl sites for hydroxylation is 2. The highest BCUT2D eigenvalue weighted by Gasteiger charge is 2.19. The largest absolute Gasteiger partial charge is 0.302 e. The third kappa shape index (κ3) is 3.48. The molecule has 7 heteroatoms. The third-order valence-electron chi connectivity index (χ3n) is 3.57. The Kier molecular flexibility index (Phi) is 4.03. The van der Waals surface area contributed by atoms with Crippen molar-refractivity contribution < 1.29 is 4.79 Å². The molecule has 0 bridgehead atoms. The Labute approximate surface area is 127 Å². The molecule has 0 aromatic carbocycles. The van der Waals surface area contributed by atoms with Gasteiger partial charge in [0.1, 0.15) is 0 Å². The van der Waals surface area contributed by atoms with Crippen LogP contribution in [0.3, 0.4) is 0 Å². The van der Waals surface area contributed by atoms with Crippen molar-refractivity contribution in [3.8, 4) is 0 Å². The monoisotopic (exact) mass is 305 g/mol. The molecule has 3 heterocycles. The molecule has 0 radical (unpaired) electrons. The van der Waals surface area contributed by atoms with Crippen molar-refractivity contribution in [1.29, 1.82) is 0 Å². The van der Waals surface area contributed by atoms with Gasteiger partial charge >= 0.3 is 0 Å². The fourth-order valence-electron chi connectivity index (χ4n) is 2.42. The van der Waals surface area contributed by atoms with Gasteiger partial charge in [-0.2, -0.15) is 5.10 Å². The van der Waals surface area contributed by atoms with Gasteiger partial charge in [-0.1, -0.05) is 0 Å². The van der Waals surface area contributed by atoms with Gasteiger partial charge < -0.3 is 10.2 Å². The molecular formula is C14H19N5OS. The Balaban J connectivity index is 1.55. The van der Waals surface area contributed by atoms with Crippen molar-refractivity contribution in [3.63, 3.8) is 0 Å². The molecule has 0 spiro atoms. The zero-order valence-electron chi connectivity index (χ0n) is 12.3. The van der Waals surface area contributed by atoms with Crippen LogP contribution in [0.1, 0.15) is 22.6 Å². The highest BCUT2D eigenvalue weighted by Crippen LogP contribution is 2.27. The minimum absolute atomic E-state index is 0.0123. The SMILES string of the molecule is CN1CCc2nc(NC(=O)CCc3cnn(C)c3)sc2C1. The summed E-state index contributed by atoms with van der Waals surface area (Å²) < 4.78 is 1.75. The van der Waals surface area contributed by atoms with E-state index in [4.69, 9.17) is 0 Å². The lowest BCUT2D eigenvalue weighted by molar-refractivity contribution is -0.116. The molecule has 0 saturated carbocycles. The summed E-state index contributed by atoms with van der Waals surface area (Å²) in [7, 11) is 3.98. The van der Waals surface area contributed by atoms with E-state index < -0.39 is 0 Å². The molecule has 0 fully saturated rings. The van der Waals surface area contributed by atoms with Crippen LogP contribution in [0.4, 0.5) is 5.13 Å². The molecule has 2 aromatic heterocycles. The van der Waals surface area contributed by atoms with Crippen LogP contribution >= 0.6 is 11.3 Å². The van der Waals surface area contributed by atoms with Crippen LogP contribution in [0.15, 0.2) is 12.4 Å². The summed E-state index contributed by atoms with van der Waals surface area (Å²) in [6.45, 7) is 1.96. The van der Waals surface area contributed by atoms with E-state index in [1.807, 2.05) is 13.2 Å². The van der Waals surface area contributed by atoms with Crippen LogP contribution in [0, 0.1) is 0 Å². The minimum atomic E-state index is 0.0123. The van der Waals surface area contributed by atoms with Gasteiger partial charge in [0.15, 0.2) is 5.13 Å². The second kappa shape index (κ2) is 5.95. The number of anilines is 1. The number of amides is 1. The molecule has 3 rings (SSSR count). The summed E-state index contributed by atoms with van der Waals surface area (Å²) in [6.07, 6.45) is 5.85. The molecule has 1 N–H and O–H groups in total. The van der Waals surface area contributed by atoms with Crippen molar-refractivity contribution in [1.82, 2.24) is 19.7 Å². The second-order valence-electron chi connectivity index (χ2n) is 5.45. The summed E-state index contributed by atoms with van der Waals surface area (Å²) in [4.78, 5) is 20.1. The minimum Gasteiger partial charge on any atom is -0.302 e. The lowest BCUT2D eigenvalue weighted by atomic mass is 10.2. The van der Waals surface area contributed by atoms with Crippen molar-refractivity contribution in [2.45, 2.75) is 25.8 Å². The van der Waals surface area contributed by atoms with E-state index in [0.29, 0.717) is 12.8 Å². The molecule has 0 atom stereocenters. The zero-order valence-corrected chi connectivity index (χ0v) is 13.1. The number of hydrogen-bond donors (Lipinski definition) is 1. The quantitative estimate of drug-likeness (QED) is 0.928. The van der Waals surface area contributed by atoms with Crippen molar-refractivity contribution in [2.75, 3.05) is 18.9 Å². The number of thiazole rings is 1. The molecular weight excluding hydrogens is 286 g/mol. The normalized spacial score (nSPS) is 15.0. The van der Waals surface area contributed by atoms with Gasteiger partial charge in [-0.25, -0.2) is 4.98 Å². The summed E-state index contributed by atoms with van der Waals surface area (Å²) in [5.41, 5.74) is 2.22. The smallest absolute Gasteiger partial charge is 0.226 e. The first-order chi connectivity index (χ1) is 10.1. The highest BCUT2D eigenvalue weighted by atomic mass is 32.1. The van der Waals surface area contributed by atoms with E-state index in [-0.39, 0.29) is 5.91 Å². The maximum Gasteiger partial charge on any atom is 0.226 e. The Morgan fingerprint density at radius 3 is 3.10 bits per heavy atom. The standard InChI is InChI=1S/C14H19N5OS/c1-18-6-5-11-12(9-18)21-14(16-11)17-13(20)4-3-10-7-15-19(2)8-10/h7-8H,3-6,9H2,1-2H3,(H,16,17,20). The van der Waals surface area contributed by atoms with Crippen molar-refractivity contribution in [2.24, 2.45) is 7.05 Å². The molecule has 0 unspecified atom stereocenters. The number of nitrogens with zero attached hydrogens (tertiary/aromatic N) is 4. The van der Waals surface area contributed by atoms with Crippen LogP contribution < -0.4 is 5.32 Å². The first-order valence-electron chi connectivity index (χ1n) is 7.04. The topological polar surface area (TPSA) is 63.1 Å². The zero-order chi connectivity index (χ0) is 14.8. The molecule has 0 aliphatic carbocycles. The van der Waals surface area contributed by atoms with Gasteiger partial charge in [-0.15, -0.1) is 11.3 Å². The predicted octanol–water partition coefficient (Wildman–Crippen LogP) is 1.44. The Bertz CT molecular complexity index is 648. The van der Waals surface area contributed by atoms with Crippen LogP contribution in [0.25, 0.3) is 0 Å². The van der Waals surface area contributed by atoms with Gasteiger partial charge in [-0.05, 0) is 19.0 Å². The molecule has 1 aliphatic rings. The summed E-state index contributed by atoms with van der Waals surface area (Å²) in [6, 6.07) is 0. The number of likely N-dealkylation sites (N-methyl/N-ethyl adjacent to an activating group) is 1.